The molecule has 3 aromatic rings. The fraction of sp³-hybridized carbons (Fsp3) is 0.360. The zero-order valence-electron chi connectivity index (χ0n) is 20.1. The number of carbonyl (C=O) groups excluding carboxylic acids is 1. The van der Waals surface area contributed by atoms with Crippen LogP contribution in [0.25, 0.3) is 6.08 Å². The third-order valence-electron chi connectivity index (χ3n) is 6.04. The summed E-state index contributed by atoms with van der Waals surface area (Å²) in [7, 11) is 1.35. The quantitative estimate of drug-likeness (QED) is 0.487. The number of hydrogen-bond donors (Lipinski definition) is 0. The second kappa shape index (κ2) is 9.80. The molecule has 0 saturated carbocycles. The minimum absolute atomic E-state index is 0.195. The van der Waals surface area contributed by atoms with Crippen LogP contribution in [0.1, 0.15) is 44.9 Å². The maximum atomic E-state index is 13.6. The van der Waals surface area contributed by atoms with Crippen molar-refractivity contribution in [3.05, 3.63) is 78.7 Å². The molecule has 1 unspecified atom stereocenters. The normalized spacial score (nSPS) is 15.8. The van der Waals surface area contributed by atoms with Gasteiger partial charge in [0, 0.05) is 37.1 Å². The monoisotopic (exact) mass is 479 g/mol. The molecule has 0 bridgehead atoms. The van der Waals surface area contributed by atoms with Crippen LogP contribution in [0.15, 0.2) is 57.7 Å². The molecule has 0 amide bonds. The summed E-state index contributed by atoms with van der Waals surface area (Å²) in [4.78, 5) is 33.8. The van der Waals surface area contributed by atoms with Crippen LogP contribution in [-0.2, 0) is 16.1 Å². The molecule has 3 heterocycles. The molecule has 0 aliphatic carbocycles. The van der Waals surface area contributed by atoms with E-state index in [1.807, 2.05) is 48.1 Å². The SMILES string of the molecule is CCN(CC)c1ccc(C2C(C(=O)OC)=C(C)N=c3s/c(=C/c4cnn(CC)c4)c(=O)n32)cc1. The lowest BCUT2D eigenvalue weighted by Gasteiger charge is -2.26. The molecule has 1 aliphatic heterocycles. The van der Waals surface area contributed by atoms with E-state index in [0.717, 1.165) is 36.4 Å². The molecule has 9 heteroatoms. The molecule has 0 saturated heterocycles. The van der Waals surface area contributed by atoms with Crippen LogP contribution in [0.2, 0.25) is 0 Å². The molecule has 8 nitrogen and oxygen atoms in total. The highest BCUT2D eigenvalue weighted by Gasteiger charge is 2.33. The summed E-state index contributed by atoms with van der Waals surface area (Å²) in [5, 5.41) is 4.28. The lowest BCUT2D eigenvalue weighted by Crippen LogP contribution is -2.39. The van der Waals surface area contributed by atoms with Gasteiger partial charge >= 0.3 is 5.97 Å². The Bertz CT molecular complexity index is 1410. The number of rotatable bonds is 7. The Morgan fingerprint density at radius 3 is 2.50 bits per heavy atom. The predicted octanol–water partition coefficient (Wildman–Crippen LogP) is 2.47. The van der Waals surface area contributed by atoms with Gasteiger partial charge in [0.1, 0.15) is 0 Å². The molecule has 0 radical (unpaired) electrons. The first-order chi connectivity index (χ1) is 16.4. The molecule has 1 aliphatic rings. The summed E-state index contributed by atoms with van der Waals surface area (Å²) in [6, 6.07) is 7.39. The highest BCUT2D eigenvalue weighted by molar-refractivity contribution is 7.07. The number of aromatic nitrogens is 3. The van der Waals surface area contributed by atoms with Crippen LogP contribution >= 0.6 is 11.3 Å². The Hall–Kier alpha value is -3.46. The zero-order valence-corrected chi connectivity index (χ0v) is 20.9. The lowest BCUT2D eigenvalue weighted by atomic mass is 9.95. The molecule has 2 aromatic heterocycles. The number of methoxy groups -OCH3 is 1. The van der Waals surface area contributed by atoms with Gasteiger partial charge in [-0.1, -0.05) is 23.5 Å². The molecular weight excluding hydrogens is 450 g/mol. The Morgan fingerprint density at radius 2 is 1.91 bits per heavy atom. The summed E-state index contributed by atoms with van der Waals surface area (Å²) < 4.78 is 9.04. The third kappa shape index (κ3) is 4.23. The average Bonchev–Trinajstić information content (AvgIpc) is 3.43. The van der Waals surface area contributed by atoms with Crippen LogP contribution in [0.4, 0.5) is 5.69 Å². The molecule has 1 atom stereocenters. The van der Waals surface area contributed by atoms with Gasteiger partial charge in [-0.2, -0.15) is 5.10 Å². The Labute approximate surface area is 202 Å². The number of fused-ring (bicyclic) bond motifs is 1. The van der Waals surface area contributed by atoms with Gasteiger partial charge in [-0.05, 0) is 51.5 Å². The summed E-state index contributed by atoms with van der Waals surface area (Å²) in [6.07, 6.45) is 5.45. The van der Waals surface area contributed by atoms with Gasteiger partial charge in [0.2, 0.25) is 0 Å². The van der Waals surface area contributed by atoms with Crippen LogP contribution in [0.3, 0.4) is 0 Å². The summed E-state index contributed by atoms with van der Waals surface area (Å²) >= 11 is 1.31. The Balaban J connectivity index is 1.89. The first kappa shape index (κ1) is 23.7. The fourth-order valence-corrected chi connectivity index (χ4v) is 5.29. The van der Waals surface area contributed by atoms with Crippen molar-refractivity contribution >= 4 is 29.1 Å². The number of thiazole rings is 1. The highest BCUT2D eigenvalue weighted by atomic mass is 32.1. The Kier molecular flexibility index (Phi) is 6.83. The largest absolute Gasteiger partial charge is 0.466 e. The van der Waals surface area contributed by atoms with Gasteiger partial charge in [-0.15, -0.1) is 0 Å². The number of hydrogen-bond acceptors (Lipinski definition) is 7. The van der Waals surface area contributed by atoms with Crippen molar-refractivity contribution in [2.45, 2.75) is 40.3 Å². The number of ether oxygens (including phenoxy) is 1. The van der Waals surface area contributed by atoms with E-state index in [0.29, 0.717) is 20.6 Å². The molecular formula is C25H29N5O3S. The number of aryl methyl sites for hydroxylation is 1. The van der Waals surface area contributed by atoms with Gasteiger partial charge in [0.25, 0.3) is 5.56 Å². The summed E-state index contributed by atoms with van der Waals surface area (Å²) in [5.41, 5.74) is 3.49. The first-order valence-electron chi connectivity index (χ1n) is 11.4. The highest BCUT2D eigenvalue weighted by Crippen LogP contribution is 2.31. The van der Waals surface area contributed by atoms with Crippen molar-refractivity contribution in [1.29, 1.82) is 0 Å². The van der Waals surface area contributed by atoms with Gasteiger partial charge in [0.05, 0.1) is 35.2 Å². The van der Waals surface area contributed by atoms with Crippen molar-refractivity contribution < 1.29 is 9.53 Å². The number of nitrogens with zero attached hydrogens (tertiary/aromatic N) is 5. The average molecular weight is 480 g/mol. The van der Waals surface area contributed by atoms with Gasteiger partial charge in [-0.25, -0.2) is 9.79 Å². The smallest absolute Gasteiger partial charge is 0.338 e. The first-order valence-corrected chi connectivity index (χ1v) is 12.2. The van der Waals surface area contributed by atoms with Gasteiger partial charge < -0.3 is 9.64 Å². The van der Waals surface area contributed by atoms with Gasteiger partial charge in [-0.3, -0.25) is 14.0 Å². The standard InChI is InChI=1S/C25H29N5O3S/c1-6-28(7-2)19-11-9-18(10-12-19)22-21(24(32)33-5)16(4)27-25-30(22)23(31)20(34-25)13-17-14-26-29(8-3)15-17/h9-15,22H,6-8H2,1-5H3/b20-13+. The summed E-state index contributed by atoms with van der Waals surface area (Å²) in [5.74, 6) is -0.488. The van der Waals surface area contributed by atoms with E-state index in [1.54, 1.807) is 17.7 Å². The van der Waals surface area contributed by atoms with E-state index < -0.39 is 12.0 Å². The van der Waals surface area contributed by atoms with Crippen LogP contribution in [-0.4, -0.2) is 40.5 Å². The van der Waals surface area contributed by atoms with Crippen molar-refractivity contribution in [2.75, 3.05) is 25.1 Å². The van der Waals surface area contributed by atoms with E-state index in [4.69, 9.17) is 4.74 Å². The van der Waals surface area contributed by atoms with E-state index >= 15 is 0 Å². The minimum atomic E-state index is -0.616. The number of benzene rings is 1. The molecule has 0 fully saturated rings. The van der Waals surface area contributed by atoms with E-state index in [2.05, 4.69) is 28.8 Å². The predicted molar refractivity (Wildman–Crippen MR) is 134 cm³/mol. The van der Waals surface area contributed by atoms with Crippen molar-refractivity contribution in [2.24, 2.45) is 4.99 Å². The number of esters is 1. The van der Waals surface area contributed by atoms with Crippen LogP contribution in [0.5, 0.6) is 0 Å². The molecule has 1 aromatic carbocycles. The fourth-order valence-electron chi connectivity index (χ4n) is 4.24. The van der Waals surface area contributed by atoms with Crippen molar-refractivity contribution in [3.8, 4) is 0 Å². The Morgan fingerprint density at radius 1 is 1.21 bits per heavy atom. The minimum Gasteiger partial charge on any atom is -0.466 e. The van der Waals surface area contributed by atoms with E-state index in [9.17, 15) is 9.59 Å². The molecule has 178 valence electrons. The third-order valence-corrected chi connectivity index (χ3v) is 7.02. The van der Waals surface area contributed by atoms with Crippen molar-refractivity contribution in [1.82, 2.24) is 14.3 Å². The van der Waals surface area contributed by atoms with E-state index in [1.165, 1.54) is 18.4 Å². The maximum Gasteiger partial charge on any atom is 0.338 e. The van der Waals surface area contributed by atoms with Crippen LogP contribution in [0, 0.1) is 0 Å². The van der Waals surface area contributed by atoms with E-state index in [-0.39, 0.29) is 5.56 Å². The molecule has 0 spiro atoms. The van der Waals surface area contributed by atoms with Crippen molar-refractivity contribution in [3.63, 3.8) is 0 Å². The number of allylic oxidation sites excluding steroid dienone is 1. The number of carbonyl (C=O) groups is 1. The maximum absolute atomic E-state index is 13.6. The second-order valence-corrected chi connectivity index (χ2v) is 8.98. The van der Waals surface area contributed by atoms with Gasteiger partial charge in [0.15, 0.2) is 4.80 Å². The lowest BCUT2D eigenvalue weighted by molar-refractivity contribution is -0.136. The topological polar surface area (TPSA) is 81.7 Å². The summed E-state index contributed by atoms with van der Waals surface area (Å²) in [6.45, 7) is 10.6. The molecule has 0 N–H and O–H groups in total. The molecule has 34 heavy (non-hydrogen) atoms. The molecule has 4 rings (SSSR count). The number of anilines is 1. The zero-order chi connectivity index (χ0) is 24.4. The second-order valence-electron chi connectivity index (χ2n) is 7.97. The van der Waals surface area contributed by atoms with Crippen LogP contribution < -0.4 is 19.8 Å².